The van der Waals surface area contributed by atoms with Crippen molar-refractivity contribution in [1.29, 1.82) is 0 Å². The molecule has 16 heavy (non-hydrogen) atoms. The summed E-state index contributed by atoms with van der Waals surface area (Å²) in [7, 11) is 2.09. The van der Waals surface area contributed by atoms with Crippen molar-refractivity contribution in [2.75, 3.05) is 18.5 Å². The molecule has 86 valence electrons. The van der Waals surface area contributed by atoms with Gasteiger partial charge in [-0.25, -0.2) is 0 Å². The van der Waals surface area contributed by atoms with Crippen LogP contribution in [0, 0.1) is 5.92 Å². The molecule has 1 aromatic rings. The largest absolute Gasteiger partial charge is 0.409 e. The highest BCUT2D eigenvalue weighted by Gasteiger charge is 2.22. The van der Waals surface area contributed by atoms with Crippen LogP contribution in [-0.2, 0) is 0 Å². The first kappa shape index (κ1) is 10.8. The van der Waals surface area contributed by atoms with Crippen LogP contribution in [0.2, 0.25) is 0 Å². The van der Waals surface area contributed by atoms with Crippen LogP contribution >= 0.6 is 0 Å². The van der Waals surface area contributed by atoms with Crippen LogP contribution in [0.1, 0.15) is 18.4 Å². The van der Waals surface area contributed by atoms with Crippen molar-refractivity contribution in [3.8, 4) is 0 Å². The van der Waals surface area contributed by atoms with E-state index in [1.54, 1.807) is 0 Å². The van der Waals surface area contributed by atoms with Gasteiger partial charge in [0.05, 0.1) is 0 Å². The predicted octanol–water partition coefficient (Wildman–Crippen LogP) is 1.63. The first-order valence-electron chi connectivity index (χ1n) is 5.50. The highest BCUT2D eigenvalue weighted by atomic mass is 16.4. The molecule has 0 atom stereocenters. The van der Waals surface area contributed by atoms with Crippen LogP contribution in [0.4, 0.5) is 5.69 Å². The summed E-state index contributed by atoms with van der Waals surface area (Å²) in [6.07, 6.45) is 2.71. The minimum atomic E-state index is 0.149. The Balaban J connectivity index is 2.05. The lowest BCUT2D eigenvalue weighted by Gasteiger charge is -2.19. The van der Waals surface area contributed by atoms with Crippen LogP contribution in [0.25, 0.3) is 0 Å². The second-order valence-corrected chi connectivity index (χ2v) is 4.36. The minimum Gasteiger partial charge on any atom is -0.409 e. The Hall–Kier alpha value is -1.71. The molecule has 1 aliphatic carbocycles. The zero-order chi connectivity index (χ0) is 11.5. The Kier molecular flexibility index (Phi) is 2.99. The van der Waals surface area contributed by atoms with E-state index in [2.05, 4.69) is 17.1 Å². The first-order chi connectivity index (χ1) is 7.70. The van der Waals surface area contributed by atoms with E-state index in [0.29, 0.717) is 0 Å². The maximum absolute atomic E-state index is 8.55. The van der Waals surface area contributed by atoms with Crippen molar-refractivity contribution < 1.29 is 5.21 Å². The summed E-state index contributed by atoms with van der Waals surface area (Å²) in [6.45, 7) is 1.11. The van der Waals surface area contributed by atoms with E-state index < -0.39 is 0 Å². The Labute approximate surface area is 95.4 Å². The Bertz CT molecular complexity index is 382. The van der Waals surface area contributed by atoms with E-state index in [1.807, 2.05) is 24.3 Å². The molecule has 0 radical (unpaired) electrons. The van der Waals surface area contributed by atoms with Gasteiger partial charge in [0.1, 0.15) is 0 Å². The first-order valence-corrected chi connectivity index (χ1v) is 5.50. The van der Waals surface area contributed by atoms with Crippen molar-refractivity contribution in [3.05, 3.63) is 29.8 Å². The number of hydrogen-bond acceptors (Lipinski definition) is 3. The van der Waals surface area contributed by atoms with Crippen molar-refractivity contribution in [2.24, 2.45) is 16.8 Å². The Morgan fingerprint density at radius 1 is 1.44 bits per heavy atom. The lowest BCUT2D eigenvalue weighted by Crippen LogP contribution is -2.20. The van der Waals surface area contributed by atoms with Crippen LogP contribution in [0.3, 0.4) is 0 Å². The summed E-state index contributed by atoms with van der Waals surface area (Å²) in [6, 6.07) is 7.73. The molecule has 0 aromatic heterocycles. The number of rotatable bonds is 4. The van der Waals surface area contributed by atoms with Gasteiger partial charge >= 0.3 is 0 Å². The summed E-state index contributed by atoms with van der Waals surface area (Å²) in [5, 5.41) is 11.5. The average molecular weight is 219 g/mol. The number of nitrogens with zero attached hydrogens (tertiary/aromatic N) is 2. The molecule has 1 saturated carbocycles. The van der Waals surface area contributed by atoms with Crippen LogP contribution in [0.5, 0.6) is 0 Å². The molecule has 1 aliphatic rings. The van der Waals surface area contributed by atoms with Gasteiger partial charge in [0, 0.05) is 24.8 Å². The van der Waals surface area contributed by atoms with Crippen molar-refractivity contribution in [2.45, 2.75) is 12.8 Å². The highest BCUT2D eigenvalue weighted by molar-refractivity contribution is 5.97. The zero-order valence-corrected chi connectivity index (χ0v) is 9.43. The average Bonchev–Trinajstić information content (AvgIpc) is 3.12. The molecule has 0 amide bonds. The molecule has 0 aliphatic heterocycles. The molecule has 0 bridgehead atoms. The molecule has 2 rings (SSSR count). The standard InChI is InChI=1S/C12H17N3O/c1-15(8-9-2-3-9)11-6-4-10(5-7-11)12(13)14-16/h4-7,9,16H,2-3,8H2,1H3,(H2,13,14). The maximum Gasteiger partial charge on any atom is 0.170 e. The quantitative estimate of drug-likeness (QED) is 0.350. The van der Waals surface area contributed by atoms with Crippen LogP contribution in [-0.4, -0.2) is 24.6 Å². The number of anilines is 1. The van der Waals surface area contributed by atoms with Gasteiger partial charge in [0.25, 0.3) is 0 Å². The predicted molar refractivity (Wildman–Crippen MR) is 64.9 cm³/mol. The van der Waals surface area contributed by atoms with E-state index in [4.69, 9.17) is 10.9 Å². The fraction of sp³-hybridized carbons (Fsp3) is 0.417. The van der Waals surface area contributed by atoms with Crippen molar-refractivity contribution in [3.63, 3.8) is 0 Å². The van der Waals surface area contributed by atoms with E-state index in [0.717, 1.165) is 18.0 Å². The van der Waals surface area contributed by atoms with Crippen molar-refractivity contribution in [1.82, 2.24) is 0 Å². The van der Waals surface area contributed by atoms with Gasteiger partial charge in [0.2, 0.25) is 0 Å². The molecule has 0 heterocycles. The van der Waals surface area contributed by atoms with Gasteiger partial charge in [-0.15, -0.1) is 0 Å². The van der Waals surface area contributed by atoms with Crippen LogP contribution < -0.4 is 10.6 Å². The van der Waals surface area contributed by atoms with E-state index in [-0.39, 0.29) is 5.84 Å². The summed E-state index contributed by atoms with van der Waals surface area (Å²) in [4.78, 5) is 2.24. The van der Waals surface area contributed by atoms with Gasteiger partial charge in [-0.2, -0.15) is 0 Å². The number of benzene rings is 1. The summed E-state index contributed by atoms with van der Waals surface area (Å²) < 4.78 is 0. The fourth-order valence-electron chi connectivity index (χ4n) is 1.74. The lowest BCUT2D eigenvalue weighted by molar-refractivity contribution is 0.318. The topological polar surface area (TPSA) is 61.8 Å². The molecular formula is C12H17N3O. The van der Waals surface area contributed by atoms with Crippen LogP contribution in [0.15, 0.2) is 29.4 Å². The number of hydrogen-bond donors (Lipinski definition) is 2. The lowest BCUT2D eigenvalue weighted by atomic mass is 10.2. The van der Waals surface area contributed by atoms with Gasteiger partial charge in [-0.3, -0.25) is 0 Å². The number of oxime groups is 1. The molecule has 0 spiro atoms. The summed E-state index contributed by atoms with van der Waals surface area (Å²) >= 11 is 0. The van der Waals surface area contributed by atoms with Crippen molar-refractivity contribution >= 4 is 11.5 Å². The molecule has 0 saturated heterocycles. The second-order valence-electron chi connectivity index (χ2n) is 4.36. The summed E-state index contributed by atoms with van der Waals surface area (Å²) in [5.74, 6) is 1.02. The molecule has 3 N–H and O–H groups in total. The van der Waals surface area contributed by atoms with E-state index >= 15 is 0 Å². The zero-order valence-electron chi connectivity index (χ0n) is 9.43. The van der Waals surface area contributed by atoms with Gasteiger partial charge < -0.3 is 15.8 Å². The van der Waals surface area contributed by atoms with Gasteiger partial charge in [-0.05, 0) is 43.0 Å². The smallest absolute Gasteiger partial charge is 0.170 e. The Morgan fingerprint density at radius 3 is 2.56 bits per heavy atom. The third kappa shape index (κ3) is 2.45. The molecular weight excluding hydrogens is 202 g/mol. The molecule has 4 heteroatoms. The normalized spacial score (nSPS) is 16.2. The monoisotopic (exact) mass is 219 g/mol. The number of amidine groups is 1. The highest BCUT2D eigenvalue weighted by Crippen LogP contribution is 2.30. The molecule has 1 aromatic carbocycles. The third-order valence-corrected chi connectivity index (χ3v) is 2.94. The minimum absolute atomic E-state index is 0.149. The SMILES string of the molecule is CN(CC1CC1)c1ccc(/C(N)=N/O)cc1. The molecule has 0 unspecified atom stereocenters. The molecule has 1 fully saturated rings. The maximum atomic E-state index is 8.55. The van der Waals surface area contributed by atoms with Gasteiger partial charge in [-0.1, -0.05) is 5.16 Å². The second kappa shape index (κ2) is 4.43. The number of nitrogens with two attached hydrogens (primary N) is 1. The summed E-state index contributed by atoms with van der Waals surface area (Å²) in [5.41, 5.74) is 7.41. The molecule has 4 nitrogen and oxygen atoms in total. The van der Waals surface area contributed by atoms with E-state index in [1.165, 1.54) is 18.5 Å². The van der Waals surface area contributed by atoms with E-state index in [9.17, 15) is 0 Å². The fourth-order valence-corrected chi connectivity index (χ4v) is 1.74. The third-order valence-electron chi connectivity index (χ3n) is 2.94. The Morgan fingerprint density at radius 2 is 2.06 bits per heavy atom. The van der Waals surface area contributed by atoms with Gasteiger partial charge in [0.15, 0.2) is 5.84 Å².